The number of amides is 1. The molecule has 1 fully saturated rings. The van der Waals surface area contributed by atoms with Gasteiger partial charge in [-0.15, -0.1) is 0 Å². The number of nitrogens with zero attached hydrogens (tertiary/aromatic N) is 3. The smallest absolute Gasteiger partial charge is 0.255 e. The van der Waals surface area contributed by atoms with E-state index < -0.39 is 0 Å². The van der Waals surface area contributed by atoms with E-state index in [-0.39, 0.29) is 18.6 Å². The zero-order valence-electron chi connectivity index (χ0n) is 20.4. The molecule has 37 heavy (non-hydrogen) atoms. The Bertz CT molecular complexity index is 1370. The monoisotopic (exact) mass is 535 g/mol. The number of hydrogen-bond acceptors (Lipinski definition) is 4. The van der Waals surface area contributed by atoms with Crippen molar-refractivity contribution in [3.8, 4) is 17.3 Å². The van der Waals surface area contributed by atoms with E-state index in [1.165, 1.54) is 0 Å². The number of carbonyl (C=O) groups is 1. The summed E-state index contributed by atoms with van der Waals surface area (Å²) in [6, 6.07) is 24.0. The maximum absolute atomic E-state index is 13.8. The van der Waals surface area contributed by atoms with E-state index in [1.807, 2.05) is 61.5 Å². The summed E-state index contributed by atoms with van der Waals surface area (Å²) in [5.41, 5.74) is 2.87. The molecule has 8 heteroatoms. The van der Waals surface area contributed by atoms with Gasteiger partial charge in [-0.1, -0.05) is 53.5 Å². The fraction of sp³-hybridized carbons (Fsp3) is 0.241. The van der Waals surface area contributed by atoms with Crippen molar-refractivity contribution in [2.24, 2.45) is 0 Å². The second-order valence-corrected chi connectivity index (χ2v) is 9.82. The minimum atomic E-state index is -0.162. The molecule has 5 rings (SSSR count). The number of para-hydroxylation sites is 1. The Morgan fingerprint density at radius 3 is 2.49 bits per heavy atom. The van der Waals surface area contributed by atoms with Gasteiger partial charge in [-0.05, 0) is 68.3 Å². The summed E-state index contributed by atoms with van der Waals surface area (Å²) in [5.74, 6) is 0.992. The highest BCUT2D eigenvalue weighted by Crippen LogP contribution is 2.33. The van der Waals surface area contributed by atoms with Crippen LogP contribution in [-0.2, 0) is 11.3 Å². The van der Waals surface area contributed by atoms with Gasteiger partial charge >= 0.3 is 0 Å². The van der Waals surface area contributed by atoms with Gasteiger partial charge < -0.3 is 14.4 Å². The lowest BCUT2D eigenvalue weighted by molar-refractivity contribution is 0.0505. The molecule has 1 aromatic heterocycles. The van der Waals surface area contributed by atoms with Gasteiger partial charge in [0, 0.05) is 18.2 Å². The zero-order valence-corrected chi connectivity index (χ0v) is 22.0. The molecule has 2 heterocycles. The summed E-state index contributed by atoms with van der Waals surface area (Å²) in [4.78, 5) is 15.5. The third-order valence-electron chi connectivity index (χ3n) is 6.35. The quantitative estimate of drug-likeness (QED) is 0.241. The van der Waals surface area contributed by atoms with Crippen LogP contribution in [0.1, 0.15) is 34.5 Å². The number of ether oxygens (including phenoxy) is 2. The van der Waals surface area contributed by atoms with Gasteiger partial charge in [-0.3, -0.25) is 4.79 Å². The maximum atomic E-state index is 13.8. The van der Waals surface area contributed by atoms with Crippen molar-refractivity contribution in [3.63, 3.8) is 0 Å². The molecule has 0 spiro atoms. The average molecular weight is 536 g/mol. The summed E-state index contributed by atoms with van der Waals surface area (Å²) < 4.78 is 14.1. The first-order chi connectivity index (χ1) is 18.0. The average Bonchev–Trinajstić information content (AvgIpc) is 3.53. The van der Waals surface area contributed by atoms with Crippen LogP contribution in [0.5, 0.6) is 11.6 Å². The van der Waals surface area contributed by atoms with Gasteiger partial charge in [0.1, 0.15) is 5.75 Å². The fourth-order valence-corrected chi connectivity index (χ4v) is 4.78. The van der Waals surface area contributed by atoms with Gasteiger partial charge in [0.25, 0.3) is 5.91 Å². The number of benzene rings is 3. The first-order valence-corrected chi connectivity index (χ1v) is 13.0. The number of aromatic nitrogens is 2. The third-order valence-corrected chi connectivity index (χ3v) is 6.94. The van der Waals surface area contributed by atoms with Gasteiger partial charge in [0.05, 0.1) is 40.2 Å². The maximum Gasteiger partial charge on any atom is 0.255 e. The van der Waals surface area contributed by atoms with Gasteiger partial charge in [0.2, 0.25) is 5.88 Å². The predicted molar refractivity (Wildman–Crippen MR) is 145 cm³/mol. The van der Waals surface area contributed by atoms with Crippen LogP contribution >= 0.6 is 23.2 Å². The molecular weight excluding hydrogens is 509 g/mol. The molecule has 1 aliphatic rings. The van der Waals surface area contributed by atoms with Crippen LogP contribution in [0.15, 0.2) is 78.9 Å². The number of carbonyl (C=O) groups excluding carboxylic acids is 1. The predicted octanol–water partition coefficient (Wildman–Crippen LogP) is 7.10. The third kappa shape index (κ3) is 5.82. The Balaban J connectivity index is 1.55. The SMILES string of the molecule is Cc1nn(-c2ccccc2)c(Oc2ccc(Cl)cc2)c1CN(CC1CCCO1)C(=O)c1ccccc1Cl. The van der Waals surface area contributed by atoms with E-state index in [2.05, 4.69) is 0 Å². The molecule has 3 aromatic carbocycles. The van der Waals surface area contributed by atoms with Crippen LogP contribution in [0.25, 0.3) is 5.69 Å². The van der Waals surface area contributed by atoms with Gasteiger partial charge in [-0.25, -0.2) is 4.68 Å². The van der Waals surface area contributed by atoms with E-state index in [4.69, 9.17) is 37.8 Å². The molecular formula is C29H27Cl2N3O3. The topological polar surface area (TPSA) is 56.6 Å². The second-order valence-electron chi connectivity index (χ2n) is 8.97. The molecule has 0 radical (unpaired) electrons. The number of hydrogen-bond donors (Lipinski definition) is 0. The normalized spacial score (nSPS) is 15.1. The van der Waals surface area contributed by atoms with Crippen LogP contribution in [0.3, 0.4) is 0 Å². The molecule has 0 bridgehead atoms. The standard InChI is InChI=1S/C29H27Cl2N3O3/c1-20-26(19-33(18-24-10-7-17-36-24)28(35)25-11-5-6-12-27(25)31)29(37-23-15-13-21(30)14-16-23)34(32-20)22-8-3-2-4-9-22/h2-6,8-9,11-16,24H,7,10,17-19H2,1H3. The highest BCUT2D eigenvalue weighted by molar-refractivity contribution is 6.33. The molecule has 0 saturated carbocycles. The minimum Gasteiger partial charge on any atom is -0.439 e. The lowest BCUT2D eigenvalue weighted by Gasteiger charge is -2.26. The van der Waals surface area contributed by atoms with E-state index in [0.717, 1.165) is 29.8 Å². The van der Waals surface area contributed by atoms with E-state index in [9.17, 15) is 4.79 Å². The van der Waals surface area contributed by atoms with E-state index in [0.29, 0.717) is 40.4 Å². The molecule has 6 nitrogen and oxygen atoms in total. The van der Waals surface area contributed by atoms with Gasteiger partial charge in [0.15, 0.2) is 0 Å². The summed E-state index contributed by atoms with van der Waals surface area (Å²) in [5, 5.41) is 5.83. The molecule has 190 valence electrons. The lowest BCUT2D eigenvalue weighted by atomic mass is 10.1. The highest BCUT2D eigenvalue weighted by Gasteiger charge is 2.28. The second kappa shape index (κ2) is 11.4. The summed E-state index contributed by atoms with van der Waals surface area (Å²) in [6.07, 6.45) is 1.86. The number of aryl methyl sites for hydroxylation is 1. The summed E-state index contributed by atoms with van der Waals surface area (Å²) >= 11 is 12.5. The van der Waals surface area contributed by atoms with Crippen molar-refractivity contribution in [1.82, 2.24) is 14.7 Å². The van der Waals surface area contributed by atoms with Crippen LogP contribution in [0, 0.1) is 6.92 Å². The largest absolute Gasteiger partial charge is 0.439 e. The van der Waals surface area contributed by atoms with Crippen LogP contribution < -0.4 is 4.74 Å². The lowest BCUT2D eigenvalue weighted by Crippen LogP contribution is -2.37. The Morgan fingerprint density at radius 1 is 1.05 bits per heavy atom. The molecule has 1 aliphatic heterocycles. The number of halogens is 2. The van der Waals surface area contributed by atoms with Crippen LogP contribution in [-0.4, -0.2) is 39.8 Å². The van der Waals surface area contributed by atoms with E-state index in [1.54, 1.807) is 33.8 Å². The Hall–Kier alpha value is -3.32. The molecule has 0 aliphatic carbocycles. The highest BCUT2D eigenvalue weighted by atomic mass is 35.5. The number of rotatable bonds is 8. The summed E-state index contributed by atoms with van der Waals surface area (Å²) in [7, 11) is 0. The first-order valence-electron chi connectivity index (χ1n) is 12.2. The van der Waals surface area contributed by atoms with Crippen molar-refractivity contribution < 1.29 is 14.3 Å². The van der Waals surface area contributed by atoms with Crippen LogP contribution in [0.4, 0.5) is 0 Å². The van der Waals surface area contributed by atoms with Crippen molar-refractivity contribution >= 4 is 29.1 Å². The van der Waals surface area contributed by atoms with E-state index >= 15 is 0 Å². The molecule has 4 aromatic rings. The van der Waals surface area contributed by atoms with Crippen molar-refractivity contribution in [2.45, 2.75) is 32.4 Å². The van der Waals surface area contributed by atoms with Crippen LogP contribution in [0.2, 0.25) is 10.0 Å². The molecule has 1 unspecified atom stereocenters. The molecule has 0 N–H and O–H groups in total. The Kier molecular flexibility index (Phi) is 7.79. The fourth-order valence-electron chi connectivity index (χ4n) is 4.43. The van der Waals surface area contributed by atoms with Crippen molar-refractivity contribution in [2.75, 3.05) is 13.2 Å². The molecule has 1 amide bonds. The summed E-state index contributed by atoms with van der Waals surface area (Å²) in [6.45, 7) is 3.36. The zero-order chi connectivity index (χ0) is 25.8. The minimum absolute atomic E-state index is 0.0310. The Labute approximate surface area is 226 Å². The molecule has 1 atom stereocenters. The first kappa shape index (κ1) is 25.3. The Morgan fingerprint density at radius 2 is 1.78 bits per heavy atom. The van der Waals surface area contributed by atoms with Crippen molar-refractivity contribution in [1.29, 1.82) is 0 Å². The van der Waals surface area contributed by atoms with Crippen molar-refractivity contribution in [3.05, 3.63) is 106 Å². The van der Waals surface area contributed by atoms with Gasteiger partial charge in [-0.2, -0.15) is 5.10 Å². The molecule has 1 saturated heterocycles.